The van der Waals surface area contributed by atoms with Crippen molar-refractivity contribution in [3.05, 3.63) is 18.2 Å². The fourth-order valence-electron chi connectivity index (χ4n) is 2.31. The van der Waals surface area contributed by atoms with Crippen molar-refractivity contribution >= 4 is 0 Å². The van der Waals surface area contributed by atoms with Gasteiger partial charge in [0.25, 0.3) is 0 Å². The van der Waals surface area contributed by atoms with Gasteiger partial charge in [0.15, 0.2) is 0 Å². The third-order valence-electron chi connectivity index (χ3n) is 2.92. The van der Waals surface area contributed by atoms with Crippen molar-refractivity contribution in [3.63, 3.8) is 0 Å². The van der Waals surface area contributed by atoms with Gasteiger partial charge in [0, 0.05) is 18.9 Å². The molecule has 0 aliphatic rings. The number of nitrogens with zero attached hydrogens (tertiary/aromatic N) is 2. The van der Waals surface area contributed by atoms with Gasteiger partial charge in [-0.1, -0.05) is 33.6 Å². The Morgan fingerprint density at radius 1 is 1.19 bits per heavy atom. The summed E-state index contributed by atoms with van der Waals surface area (Å²) in [5.41, 5.74) is -0.734. The van der Waals surface area contributed by atoms with Crippen LogP contribution in [0.25, 0.3) is 0 Å². The molecule has 0 saturated carbocycles. The van der Waals surface area contributed by atoms with Crippen LogP contribution in [0, 0.1) is 0 Å². The van der Waals surface area contributed by atoms with Crippen LogP contribution in [0.5, 0.6) is 0 Å². The van der Waals surface area contributed by atoms with Crippen LogP contribution >= 0.6 is 0 Å². The zero-order chi connectivity index (χ0) is 12.0. The summed E-state index contributed by atoms with van der Waals surface area (Å²) in [5, 5.41) is 10.7. The molecular weight excluding hydrogens is 200 g/mol. The molecule has 0 fully saturated rings. The number of aliphatic hydroxyl groups is 1. The molecule has 0 bridgehead atoms. The standard InChI is InChI=1S/C13H24N2O/c1-4-7-13(16,8-5-2)12-14-9-11-15(12)10-6-3/h9,11,16H,4-8,10H2,1-3H3. The Bertz CT molecular complexity index is 301. The Hall–Kier alpha value is -0.830. The van der Waals surface area contributed by atoms with Crippen LogP contribution in [0.3, 0.4) is 0 Å². The van der Waals surface area contributed by atoms with E-state index in [9.17, 15) is 5.11 Å². The summed E-state index contributed by atoms with van der Waals surface area (Å²) in [4.78, 5) is 4.36. The lowest BCUT2D eigenvalue weighted by Gasteiger charge is -2.27. The Balaban J connectivity index is 2.95. The highest BCUT2D eigenvalue weighted by atomic mass is 16.3. The topological polar surface area (TPSA) is 38.0 Å². The van der Waals surface area contributed by atoms with Crippen LogP contribution in [0.4, 0.5) is 0 Å². The largest absolute Gasteiger partial charge is 0.382 e. The lowest BCUT2D eigenvalue weighted by Crippen LogP contribution is -2.29. The van der Waals surface area contributed by atoms with Gasteiger partial charge < -0.3 is 9.67 Å². The van der Waals surface area contributed by atoms with Crippen molar-refractivity contribution in [2.45, 2.75) is 65.0 Å². The smallest absolute Gasteiger partial charge is 0.140 e. The minimum absolute atomic E-state index is 0.734. The van der Waals surface area contributed by atoms with Crippen molar-refractivity contribution < 1.29 is 5.11 Å². The van der Waals surface area contributed by atoms with E-state index in [2.05, 4.69) is 30.3 Å². The fourth-order valence-corrected chi connectivity index (χ4v) is 2.31. The lowest BCUT2D eigenvalue weighted by atomic mass is 9.91. The normalized spacial score (nSPS) is 12.0. The van der Waals surface area contributed by atoms with Gasteiger partial charge in [-0.2, -0.15) is 0 Å². The Morgan fingerprint density at radius 2 is 1.81 bits per heavy atom. The van der Waals surface area contributed by atoms with E-state index < -0.39 is 5.60 Å². The molecule has 0 saturated heterocycles. The molecule has 0 aliphatic carbocycles. The number of imidazole rings is 1. The van der Waals surface area contributed by atoms with Crippen LogP contribution < -0.4 is 0 Å². The van der Waals surface area contributed by atoms with Crippen molar-refractivity contribution in [2.75, 3.05) is 0 Å². The molecule has 1 N–H and O–H groups in total. The van der Waals surface area contributed by atoms with Gasteiger partial charge >= 0.3 is 0 Å². The average Bonchev–Trinajstić information content (AvgIpc) is 2.68. The highest BCUT2D eigenvalue weighted by Gasteiger charge is 2.31. The van der Waals surface area contributed by atoms with Crippen molar-refractivity contribution in [1.82, 2.24) is 9.55 Å². The molecule has 1 aromatic heterocycles. The summed E-state index contributed by atoms with van der Waals surface area (Å²) in [6, 6.07) is 0. The molecule has 0 unspecified atom stereocenters. The summed E-state index contributed by atoms with van der Waals surface area (Å²) >= 11 is 0. The predicted octanol–water partition coefficient (Wildman–Crippen LogP) is 3.08. The number of aromatic nitrogens is 2. The second-order valence-corrected chi connectivity index (χ2v) is 4.48. The molecule has 92 valence electrons. The van der Waals surface area contributed by atoms with Gasteiger partial charge in [-0.3, -0.25) is 0 Å². The van der Waals surface area contributed by atoms with Gasteiger partial charge in [0.1, 0.15) is 11.4 Å². The van der Waals surface area contributed by atoms with E-state index in [1.165, 1.54) is 0 Å². The highest BCUT2D eigenvalue weighted by Crippen LogP contribution is 2.30. The lowest BCUT2D eigenvalue weighted by molar-refractivity contribution is 0.00484. The number of hydrogen-bond donors (Lipinski definition) is 1. The zero-order valence-corrected chi connectivity index (χ0v) is 10.7. The van der Waals surface area contributed by atoms with Crippen LogP contribution in [0.2, 0.25) is 0 Å². The van der Waals surface area contributed by atoms with Crippen molar-refractivity contribution in [3.8, 4) is 0 Å². The van der Waals surface area contributed by atoms with E-state index in [1.54, 1.807) is 6.20 Å². The summed E-state index contributed by atoms with van der Waals surface area (Å²) in [5.74, 6) is 0.845. The third kappa shape index (κ3) is 2.85. The van der Waals surface area contributed by atoms with Crippen LogP contribution in [-0.2, 0) is 12.1 Å². The van der Waals surface area contributed by atoms with Crippen molar-refractivity contribution in [2.24, 2.45) is 0 Å². The second-order valence-electron chi connectivity index (χ2n) is 4.48. The number of rotatable bonds is 7. The first-order chi connectivity index (χ1) is 7.68. The average molecular weight is 224 g/mol. The van der Waals surface area contributed by atoms with Crippen LogP contribution in [0.15, 0.2) is 12.4 Å². The molecule has 0 aliphatic heterocycles. The maximum absolute atomic E-state index is 10.7. The third-order valence-corrected chi connectivity index (χ3v) is 2.92. The first-order valence-corrected chi connectivity index (χ1v) is 6.42. The molecule has 1 heterocycles. The first kappa shape index (κ1) is 13.2. The fraction of sp³-hybridized carbons (Fsp3) is 0.769. The Morgan fingerprint density at radius 3 is 2.31 bits per heavy atom. The van der Waals surface area contributed by atoms with Gasteiger partial charge in [-0.05, 0) is 19.3 Å². The molecule has 0 spiro atoms. The van der Waals surface area contributed by atoms with E-state index in [1.807, 2.05) is 6.20 Å². The van der Waals surface area contributed by atoms with Gasteiger partial charge in [-0.15, -0.1) is 0 Å². The minimum Gasteiger partial charge on any atom is -0.382 e. The number of aryl methyl sites for hydroxylation is 1. The summed E-state index contributed by atoms with van der Waals surface area (Å²) in [6.45, 7) is 7.29. The molecule has 0 aromatic carbocycles. The van der Waals surface area contributed by atoms with E-state index in [4.69, 9.17) is 0 Å². The van der Waals surface area contributed by atoms with E-state index in [0.717, 1.165) is 44.5 Å². The quantitative estimate of drug-likeness (QED) is 0.773. The zero-order valence-electron chi connectivity index (χ0n) is 10.7. The maximum atomic E-state index is 10.7. The van der Waals surface area contributed by atoms with Gasteiger partial charge in [0.2, 0.25) is 0 Å². The van der Waals surface area contributed by atoms with Gasteiger partial charge in [-0.25, -0.2) is 4.98 Å². The number of hydrogen-bond acceptors (Lipinski definition) is 2. The van der Waals surface area contributed by atoms with E-state index >= 15 is 0 Å². The van der Waals surface area contributed by atoms with Crippen LogP contribution in [0.1, 0.15) is 58.7 Å². The first-order valence-electron chi connectivity index (χ1n) is 6.42. The minimum atomic E-state index is -0.734. The Kier molecular flexibility index (Phi) is 5.00. The molecule has 16 heavy (non-hydrogen) atoms. The SMILES string of the molecule is CCCn1ccnc1C(O)(CCC)CCC. The highest BCUT2D eigenvalue weighted by molar-refractivity contribution is 5.05. The molecule has 0 atom stereocenters. The monoisotopic (exact) mass is 224 g/mol. The maximum Gasteiger partial charge on any atom is 0.140 e. The predicted molar refractivity (Wildman–Crippen MR) is 66.2 cm³/mol. The molecule has 1 rings (SSSR count). The molecule has 3 heteroatoms. The summed E-state index contributed by atoms with van der Waals surface area (Å²) in [7, 11) is 0. The van der Waals surface area contributed by atoms with Crippen LogP contribution in [-0.4, -0.2) is 14.7 Å². The van der Waals surface area contributed by atoms with E-state index in [0.29, 0.717) is 0 Å². The molecule has 1 aromatic rings. The van der Waals surface area contributed by atoms with Crippen molar-refractivity contribution in [1.29, 1.82) is 0 Å². The Labute approximate surface area is 98.5 Å². The molecule has 0 amide bonds. The summed E-state index contributed by atoms with van der Waals surface area (Å²) < 4.78 is 2.09. The molecular formula is C13H24N2O. The second kappa shape index (κ2) is 6.04. The van der Waals surface area contributed by atoms with E-state index in [-0.39, 0.29) is 0 Å². The molecule has 0 radical (unpaired) electrons. The van der Waals surface area contributed by atoms with Gasteiger partial charge in [0.05, 0.1) is 0 Å². The summed E-state index contributed by atoms with van der Waals surface area (Å²) in [6.07, 6.45) is 8.38. The molecule has 3 nitrogen and oxygen atoms in total.